The molecule has 1 aliphatic rings. The van der Waals surface area contributed by atoms with E-state index in [0.717, 1.165) is 22.4 Å². The molecule has 4 rings (SSSR count). The molecule has 142 valence electrons. The first-order valence-corrected chi connectivity index (χ1v) is 9.99. The highest BCUT2D eigenvalue weighted by Gasteiger charge is 2.27. The minimum atomic E-state index is -0.204. The molecule has 0 spiro atoms. The standard InChI is InChI=1S/C21H17ClN2O3S/c1-12(25)18-2-3-19(28-18)21(26)24-11-16-9-14-8-15(22)10-17(20(14)27-16)13-4-6-23-7-5-13/h2-8,10,16H,9,11H2,1H3,(H,24,26)/t16-/m1/s1. The number of halogens is 1. The molecule has 5 nitrogen and oxygen atoms in total. The molecule has 7 heteroatoms. The summed E-state index contributed by atoms with van der Waals surface area (Å²) in [5.74, 6) is 0.549. The fourth-order valence-corrected chi connectivity index (χ4v) is 4.26. The summed E-state index contributed by atoms with van der Waals surface area (Å²) in [6.07, 6.45) is 3.94. The SMILES string of the molecule is CC(=O)c1ccc(C(=O)NC[C@H]2Cc3cc(Cl)cc(-c4ccncc4)c3O2)s1. The van der Waals surface area contributed by atoms with Crippen molar-refractivity contribution in [3.63, 3.8) is 0 Å². The van der Waals surface area contributed by atoms with Gasteiger partial charge in [0, 0.05) is 35.0 Å². The van der Waals surface area contributed by atoms with Gasteiger partial charge in [0.2, 0.25) is 0 Å². The number of fused-ring (bicyclic) bond motifs is 1. The van der Waals surface area contributed by atoms with Crippen LogP contribution in [-0.2, 0) is 6.42 Å². The van der Waals surface area contributed by atoms with Crippen molar-refractivity contribution in [1.82, 2.24) is 10.3 Å². The highest BCUT2D eigenvalue weighted by atomic mass is 35.5. The van der Waals surface area contributed by atoms with E-state index in [4.69, 9.17) is 16.3 Å². The molecule has 0 saturated heterocycles. The van der Waals surface area contributed by atoms with Crippen LogP contribution in [0.5, 0.6) is 5.75 Å². The van der Waals surface area contributed by atoms with Crippen molar-refractivity contribution >= 4 is 34.6 Å². The topological polar surface area (TPSA) is 68.3 Å². The van der Waals surface area contributed by atoms with Gasteiger partial charge in [0.15, 0.2) is 5.78 Å². The summed E-state index contributed by atoms with van der Waals surface area (Å²) in [6.45, 7) is 1.86. The minimum absolute atomic E-state index is 0.0425. The normalized spacial score (nSPS) is 15.0. The van der Waals surface area contributed by atoms with Gasteiger partial charge in [0.25, 0.3) is 5.91 Å². The van der Waals surface area contributed by atoms with Gasteiger partial charge in [0.05, 0.1) is 16.3 Å². The maximum atomic E-state index is 12.4. The number of hydrogen-bond acceptors (Lipinski definition) is 5. The molecule has 3 heterocycles. The average Bonchev–Trinajstić information content (AvgIpc) is 3.33. The van der Waals surface area contributed by atoms with Crippen LogP contribution in [0, 0.1) is 0 Å². The van der Waals surface area contributed by atoms with Gasteiger partial charge in [0.1, 0.15) is 11.9 Å². The van der Waals surface area contributed by atoms with Crippen LogP contribution >= 0.6 is 22.9 Å². The monoisotopic (exact) mass is 412 g/mol. The zero-order valence-corrected chi connectivity index (χ0v) is 16.6. The highest BCUT2D eigenvalue weighted by molar-refractivity contribution is 7.15. The molecule has 28 heavy (non-hydrogen) atoms. The number of ketones is 1. The minimum Gasteiger partial charge on any atom is -0.487 e. The lowest BCUT2D eigenvalue weighted by Crippen LogP contribution is -2.34. The third-order valence-corrected chi connectivity index (χ3v) is 5.92. The molecule has 0 fully saturated rings. The molecular formula is C21H17ClN2O3S. The zero-order chi connectivity index (χ0) is 19.7. The Kier molecular flexibility index (Phi) is 5.15. The van der Waals surface area contributed by atoms with Crippen LogP contribution in [0.4, 0.5) is 0 Å². The lowest BCUT2D eigenvalue weighted by Gasteiger charge is -2.13. The number of pyridine rings is 1. The van der Waals surface area contributed by atoms with Crippen molar-refractivity contribution in [1.29, 1.82) is 0 Å². The van der Waals surface area contributed by atoms with Crippen molar-refractivity contribution in [3.8, 4) is 16.9 Å². The smallest absolute Gasteiger partial charge is 0.261 e. The van der Waals surface area contributed by atoms with Gasteiger partial charge < -0.3 is 10.1 Å². The highest BCUT2D eigenvalue weighted by Crippen LogP contribution is 2.40. The average molecular weight is 413 g/mol. The molecule has 1 aliphatic heterocycles. The number of Topliss-reactive ketones (excluding diaryl/α,β-unsaturated/α-hetero) is 1. The van der Waals surface area contributed by atoms with E-state index in [9.17, 15) is 9.59 Å². The maximum absolute atomic E-state index is 12.4. The number of thiophene rings is 1. The summed E-state index contributed by atoms with van der Waals surface area (Å²) in [6, 6.07) is 10.9. The van der Waals surface area contributed by atoms with E-state index in [1.165, 1.54) is 18.3 Å². The van der Waals surface area contributed by atoms with Crippen molar-refractivity contribution in [3.05, 3.63) is 69.1 Å². The Hall–Kier alpha value is -2.70. The van der Waals surface area contributed by atoms with Gasteiger partial charge in [-0.25, -0.2) is 0 Å². The first-order chi connectivity index (χ1) is 13.5. The molecule has 1 N–H and O–H groups in total. The van der Waals surface area contributed by atoms with Crippen LogP contribution in [0.3, 0.4) is 0 Å². The van der Waals surface area contributed by atoms with Crippen LogP contribution < -0.4 is 10.1 Å². The summed E-state index contributed by atoms with van der Waals surface area (Å²) < 4.78 is 6.13. The molecule has 1 amide bonds. The van der Waals surface area contributed by atoms with Gasteiger partial charge >= 0.3 is 0 Å². The van der Waals surface area contributed by atoms with Crippen LogP contribution in [0.15, 0.2) is 48.8 Å². The van der Waals surface area contributed by atoms with Crippen molar-refractivity contribution < 1.29 is 14.3 Å². The molecular weight excluding hydrogens is 396 g/mol. The van der Waals surface area contributed by atoms with E-state index < -0.39 is 0 Å². The summed E-state index contributed by atoms with van der Waals surface area (Å²) in [4.78, 5) is 28.9. The Morgan fingerprint density at radius 3 is 2.68 bits per heavy atom. The van der Waals surface area contributed by atoms with E-state index in [1.807, 2.05) is 24.3 Å². The first-order valence-electron chi connectivity index (χ1n) is 8.79. The molecule has 3 aromatic rings. The molecule has 1 aromatic carbocycles. The van der Waals surface area contributed by atoms with E-state index in [0.29, 0.717) is 27.7 Å². The van der Waals surface area contributed by atoms with Gasteiger partial charge in [-0.3, -0.25) is 14.6 Å². The summed E-state index contributed by atoms with van der Waals surface area (Å²) >= 11 is 7.49. The van der Waals surface area contributed by atoms with Crippen LogP contribution in [0.25, 0.3) is 11.1 Å². The molecule has 0 bridgehead atoms. The molecule has 0 radical (unpaired) electrons. The number of hydrogen-bond donors (Lipinski definition) is 1. The fourth-order valence-electron chi connectivity index (χ4n) is 3.20. The number of carbonyl (C=O) groups is 2. The quantitative estimate of drug-likeness (QED) is 0.630. The van der Waals surface area contributed by atoms with Gasteiger partial charge in [-0.1, -0.05) is 11.6 Å². The van der Waals surface area contributed by atoms with Gasteiger partial charge in [-0.2, -0.15) is 0 Å². The van der Waals surface area contributed by atoms with Crippen LogP contribution in [0.2, 0.25) is 5.02 Å². The van der Waals surface area contributed by atoms with E-state index in [1.54, 1.807) is 24.5 Å². The zero-order valence-electron chi connectivity index (χ0n) is 15.1. The first kappa shape index (κ1) is 18.7. The van der Waals surface area contributed by atoms with Gasteiger partial charge in [-0.15, -0.1) is 11.3 Å². The molecule has 1 atom stereocenters. The molecule has 0 unspecified atom stereocenters. The van der Waals surface area contributed by atoms with Crippen LogP contribution in [0.1, 0.15) is 31.8 Å². The third kappa shape index (κ3) is 3.79. The van der Waals surface area contributed by atoms with Crippen molar-refractivity contribution in [2.75, 3.05) is 6.54 Å². The number of amides is 1. The number of rotatable bonds is 5. The summed E-state index contributed by atoms with van der Waals surface area (Å²) in [5, 5.41) is 3.54. The summed E-state index contributed by atoms with van der Waals surface area (Å²) in [5.41, 5.74) is 2.92. The predicted molar refractivity (Wildman–Crippen MR) is 109 cm³/mol. The predicted octanol–water partition coefficient (Wildman–Crippen LogP) is 4.40. The number of nitrogens with zero attached hydrogens (tertiary/aromatic N) is 1. The molecule has 0 saturated carbocycles. The number of ether oxygens (including phenoxy) is 1. The summed E-state index contributed by atoms with van der Waals surface area (Å²) in [7, 11) is 0. The number of aromatic nitrogens is 1. The van der Waals surface area contributed by atoms with Gasteiger partial charge in [-0.05, 0) is 48.9 Å². The Labute approximate surface area is 171 Å². The Morgan fingerprint density at radius 2 is 1.96 bits per heavy atom. The Morgan fingerprint density at radius 1 is 1.21 bits per heavy atom. The second-order valence-electron chi connectivity index (χ2n) is 6.55. The van der Waals surface area contributed by atoms with Crippen molar-refractivity contribution in [2.24, 2.45) is 0 Å². The third-order valence-electron chi connectivity index (χ3n) is 4.52. The fraction of sp³-hybridized carbons (Fsp3) is 0.190. The van der Waals surface area contributed by atoms with E-state index in [-0.39, 0.29) is 17.8 Å². The van der Waals surface area contributed by atoms with E-state index in [2.05, 4.69) is 10.3 Å². The lowest BCUT2D eigenvalue weighted by molar-refractivity contribution is 0.0937. The molecule has 0 aliphatic carbocycles. The number of nitrogens with one attached hydrogen (secondary N) is 1. The number of benzene rings is 1. The second-order valence-corrected chi connectivity index (χ2v) is 8.07. The van der Waals surface area contributed by atoms with E-state index >= 15 is 0 Å². The molecule has 2 aromatic heterocycles. The second kappa shape index (κ2) is 7.73. The lowest BCUT2D eigenvalue weighted by atomic mass is 10.0. The Balaban J connectivity index is 1.46. The maximum Gasteiger partial charge on any atom is 0.261 e. The largest absolute Gasteiger partial charge is 0.487 e. The Bertz CT molecular complexity index is 1050. The number of carbonyl (C=O) groups excluding carboxylic acids is 2. The van der Waals surface area contributed by atoms with Crippen molar-refractivity contribution in [2.45, 2.75) is 19.4 Å². The van der Waals surface area contributed by atoms with Crippen LogP contribution in [-0.4, -0.2) is 29.3 Å².